The van der Waals surface area contributed by atoms with Crippen LogP contribution in [0.2, 0.25) is 0 Å². The van der Waals surface area contributed by atoms with E-state index in [0.717, 1.165) is 32.0 Å². The van der Waals surface area contributed by atoms with Gasteiger partial charge in [-0.15, -0.1) is 0 Å². The van der Waals surface area contributed by atoms with Crippen molar-refractivity contribution in [2.75, 3.05) is 19.6 Å². The lowest BCUT2D eigenvalue weighted by Gasteiger charge is -2.35. The van der Waals surface area contributed by atoms with Crippen molar-refractivity contribution in [3.63, 3.8) is 0 Å². The molecule has 4 rings (SSSR count). The summed E-state index contributed by atoms with van der Waals surface area (Å²) in [5.74, 6) is 1.13. The van der Waals surface area contributed by atoms with Gasteiger partial charge in [0, 0.05) is 45.6 Å². The van der Waals surface area contributed by atoms with Crippen LogP contribution < -0.4 is 5.32 Å². The Morgan fingerprint density at radius 3 is 2.72 bits per heavy atom. The van der Waals surface area contributed by atoms with Gasteiger partial charge in [-0.1, -0.05) is 48.5 Å². The van der Waals surface area contributed by atoms with Gasteiger partial charge in [0.05, 0.1) is 6.04 Å². The van der Waals surface area contributed by atoms with Crippen LogP contribution in [0.5, 0.6) is 0 Å². The van der Waals surface area contributed by atoms with Gasteiger partial charge in [0.1, 0.15) is 5.82 Å². The first-order valence-corrected chi connectivity index (χ1v) is 8.87. The number of imidazole rings is 1. The number of nitrogens with zero attached hydrogens (tertiary/aromatic N) is 3. The molecule has 1 atom stereocenters. The Labute approximate surface area is 149 Å². The maximum absolute atomic E-state index is 4.58. The third-order valence-electron chi connectivity index (χ3n) is 4.93. The predicted molar refractivity (Wildman–Crippen MR) is 101 cm³/mol. The van der Waals surface area contributed by atoms with E-state index in [-0.39, 0.29) is 0 Å². The molecule has 1 N–H and O–H groups in total. The van der Waals surface area contributed by atoms with Gasteiger partial charge in [0.2, 0.25) is 0 Å². The van der Waals surface area contributed by atoms with E-state index in [2.05, 4.69) is 81.4 Å². The number of hydrogen-bond donors (Lipinski definition) is 1. The van der Waals surface area contributed by atoms with Crippen molar-refractivity contribution in [3.05, 3.63) is 78.4 Å². The molecule has 1 fully saturated rings. The highest BCUT2D eigenvalue weighted by Crippen LogP contribution is 2.25. The summed E-state index contributed by atoms with van der Waals surface area (Å²) in [6.45, 7) is 3.95. The van der Waals surface area contributed by atoms with Crippen molar-refractivity contribution in [2.24, 2.45) is 7.05 Å². The van der Waals surface area contributed by atoms with Crippen LogP contribution in [0.15, 0.2) is 67.0 Å². The number of piperazine rings is 1. The Kier molecular flexibility index (Phi) is 4.63. The molecule has 3 aromatic rings. The Hall–Kier alpha value is -2.43. The molecule has 2 aromatic carbocycles. The van der Waals surface area contributed by atoms with Crippen LogP contribution in [0.1, 0.15) is 17.4 Å². The molecule has 1 aromatic heterocycles. The van der Waals surface area contributed by atoms with E-state index in [9.17, 15) is 0 Å². The van der Waals surface area contributed by atoms with E-state index in [0.29, 0.717) is 6.04 Å². The maximum atomic E-state index is 4.58. The van der Waals surface area contributed by atoms with Gasteiger partial charge in [0.25, 0.3) is 0 Å². The molecule has 4 heteroatoms. The van der Waals surface area contributed by atoms with E-state index in [1.54, 1.807) is 0 Å². The Morgan fingerprint density at radius 1 is 1.08 bits per heavy atom. The van der Waals surface area contributed by atoms with Gasteiger partial charge >= 0.3 is 0 Å². The van der Waals surface area contributed by atoms with E-state index in [1.807, 2.05) is 12.4 Å². The second-order valence-electron chi connectivity index (χ2n) is 6.65. The lowest BCUT2D eigenvalue weighted by atomic mass is 10.0. The quantitative estimate of drug-likeness (QED) is 0.796. The highest BCUT2D eigenvalue weighted by Gasteiger charge is 2.26. The van der Waals surface area contributed by atoms with Crippen molar-refractivity contribution in [2.45, 2.75) is 12.6 Å². The van der Waals surface area contributed by atoms with Gasteiger partial charge in [-0.25, -0.2) is 4.98 Å². The lowest BCUT2D eigenvalue weighted by molar-refractivity contribution is 0.145. The van der Waals surface area contributed by atoms with Gasteiger partial charge in [-0.3, -0.25) is 4.90 Å². The van der Waals surface area contributed by atoms with Gasteiger partial charge in [-0.2, -0.15) is 0 Å². The fourth-order valence-corrected chi connectivity index (χ4v) is 3.60. The average molecular weight is 332 g/mol. The zero-order chi connectivity index (χ0) is 17.1. The number of aromatic nitrogens is 2. The fourth-order valence-electron chi connectivity index (χ4n) is 3.60. The second kappa shape index (κ2) is 7.21. The zero-order valence-corrected chi connectivity index (χ0v) is 14.6. The van der Waals surface area contributed by atoms with Crippen LogP contribution in [0.3, 0.4) is 0 Å². The Bertz CT molecular complexity index is 825. The summed E-state index contributed by atoms with van der Waals surface area (Å²) in [6.07, 6.45) is 3.91. The molecule has 0 amide bonds. The summed E-state index contributed by atoms with van der Waals surface area (Å²) in [5, 5.41) is 3.51. The van der Waals surface area contributed by atoms with E-state index >= 15 is 0 Å². The van der Waals surface area contributed by atoms with Crippen LogP contribution >= 0.6 is 0 Å². The van der Waals surface area contributed by atoms with Crippen molar-refractivity contribution < 1.29 is 0 Å². The number of rotatable bonds is 4. The molecule has 1 unspecified atom stereocenters. The van der Waals surface area contributed by atoms with Crippen LogP contribution in [0.25, 0.3) is 11.1 Å². The molecule has 4 nitrogen and oxygen atoms in total. The minimum atomic E-state index is 0.314. The number of aryl methyl sites for hydroxylation is 1. The molecule has 0 radical (unpaired) electrons. The summed E-state index contributed by atoms with van der Waals surface area (Å²) >= 11 is 0. The average Bonchev–Trinajstić information content (AvgIpc) is 3.09. The number of hydrogen-bond acceptors (Lipinski definition) is 3. The lowest BCUT2D eigenvalue weighted by Crippen LogP contribution is -2.46. The maximum Gasteiger partial charge on any atom is 0.127 e. The molecule has 1 saturated heterocycles. The van der Waals surface area contributed by atoms with Gasteiger partial charge in [0.15, 0.2) is 0 Å². The third kappa shape index (κ3) is 3.50. The van der Waals surface area contributed by atoms with E-state index in [1.165, 1.54) is 16.7 Å². The van der Waals surface area contributed by atoms with E-state index in [4.69, 9.17) is 0 Å². The topological polar surface area (TPSA) is 33.1 Å². The van der Waals surface area contributed by atoms with Gasteiger partial charge in [-0.05, 0) is 22.8 Å². The molecule has 0 bridgehead atoms. The summed E-state index contributed by atoms with van der Waals surface area (Å²) in [4.78, 5) is 7.11. The van der Waals surface area contributed by atoms with Gasteiger partial charge < -0.3 is 9.88 Å². The molecule has 0 aliphatic carbocycles. The molecular weight excluding hydrogens is 308 g/mol. The summed E-state index contributed by atoms with van der Waals surface area (Å²) in [5.41, 5.74) is 3.90. The molecule has 2 heterocycles. The van der Waals surface area contributed by atoms with Crippen molar-refractivity contribution >= 4 is 0 Å². The summed E-state index contributed by atoms with van der Waals surface area (Å²) < 4.78 is 2.13. The summed E-state index contributed by atoms with van der Waals surface area (Å²) in [6, 6.07) is 19.8. The standard InChI is InChI=1S/C21H24N4/c1-24-12-11-23-21(24)20-15-22-10-13-25(20)16-17-6-5-9-19(14-17)18-7-3-2-4-8-18/h2-9,11-12,14,20,22H,10,13,15-16H2,1H3. The first-order chi connectivity index (χ1) is 12.3. The molecule has 128 valence electrons. The highest BCUT2D eigenvalue weighted by molar-refractivity contribution is 5.63. The minimum Gasteiger partial charge on any atom is -0.337 e. The largest absolute Gasteiger partial charge is 0.337 e. The molecule has 1 aliphatic heterocycles. The first-order valence-electron chi connectivity index (χ1n) is 8.87. The molecule has 0 spiro atoms. The molecule has 0 saturated carbocycles. The SMILES string of the molecule is Cn1ccnc1C1CNCCN1Cc1cccc(-c2ccccc2)c1. The van der Waals surface area contributed by atoms with Crippen molar-refractivity contribution in [1.29, 1.82) is 0 Å². The smallest absolute Gasteiger partial charge is 0.127 e. The fraction of sp³-hybridized carbons (Fsp3) is 0.286. The van der Waals surface area contributed by atoms with Crippen molar-refractivity contribution in [1.82, 2.24) is 19.8 Å². The zero-order valence-electron chi connectivity index (χ0n) is 14.6. The number of benzene rings is 2. The molecular formula is C21H24N4. The highest BCUT2D eigenvalue weighted by atomic mass is 15.3. The predicted octanol–water partition coefficient (Wildman–Crippen LogP) is 3.23. The van der Waals surface area contributed by atoms with E-state index < -0.39 is 0 Å². The first kappa shape index (κ1) is 16.1. The van der Waals surface area contributed by atoms with Crippen LogP contribution in [0, 0.1) is 0 Å². The Morgan fingerprint density at radius 2 is 1.92 bits per heavy atom. The second-order valence-corrected chi connectivity index (χ2v) is 6.65. The van der Waals surface area contributed by atoms with Crippen LogP contribution in [-0.4, -0.2) is 34.1 Å². The molecule has 25 heavy (non-hydrogen) atoms. The van der Waals surface area contributed by atoms with Crippen LogP contribution in [-0.2, 0) is 13.6 Å². The monoisotopic (exact) mass is 332 g/mol. The Balaban J connectivity index is 1.57. The normalized spacial score (nSPS) is 18.4. The van der Waals surface area contributed by atoms with Crippen LogP contribution in [0.4, 0.5) is 0 Å². The summed E-state index contributed by atoms with van der Waals surface area (Å²) in [7, 11) is 2.07. The van der Waals surface area contributed by atoms with Crippen molar-refractivity contribution in [3.8, 4) is 11.1 Å². The molecule has 1 aliphatic rings. The number of nitrogens with one attached hydrogen (secondary N) is 1. The third-order valence-corrected chi connectivity index (χ3v) is 4.93. The minimum absolute atomic E-state index is 0.314.